The third-order valence-corrected chi connectivity index (χ3v) is 4.79. The lowest BCUT2D eigenvalue weighted by Crippen LogP contribution is -2.23. The number of aromatic nitrogens is 3. The maximum Gasteiger partial charge on any atom is 0.274 e. The Balaban J connectivity index is 1.74. The number of anilines is 2. The molecule has 6 nitrogen and oxygen atoms in total. The number of benzene rings is 1. The fourth-order valence-corrected chi connectivity index (χ4v) is 2.90. The topological polar surface area (TPSA) is 71.0 Å². The van der Waals surface area contributed by atoms with Crippen molar-refractivity contribution in [2.45, 2.75) is 27.2 Å². The van der Waals surface area contributed by atoms with Gasteiger partial charge < -0.3 is 10.2 Å². The van der Waals surface area contributed by atoms with E-state index in [1.807, 2.05) is 56.1 Å². The van der Waals surface area contributed by atoms with Crippen molar-refractivity contribution < 1.29 is 4.79 Å². The lowest BCUT2D eigenvalue weighted by atomic mass is 10.1. The number of carbonyl (C=O) groups is 1. The zero-order valence-electron chi connectivity index (χ0n) is 16.7. The second-order valence-electron chi connectivity index (χ2n) is 6.89. The van der Waals surface area contributed by atoms with Crippen LogP contribution in [0.25, 0.3) is 0 Å². The number of nitrogens with zero attached hydrogens (tertiary/aromatic N) is 4. The number of hydrogen-bond donors (Lipinski definition) is 1. The molecule has 28 heavy (non-hydrogen) atoms. The van der Waals surface area contributed by atoms with E-state index >= 15 is 0 Å². The number of likely N-dealkylation sites (N-methyl/N-ethyl adjacent to an activating group) is 1. The van der Waals surface area contributed by atoms with Gasteiger partial charge in [-0.15, -0.1) is 0 Å². The molecule has 0 aliphatic heterocycles. The summed E-state index contributed by atoms with van der Waals surface area (Å²) < 4.78 is 0. The summed E-state index contributed by atoms with van der Waals surface area (Å²) in [4.78, 5) is 27.6. The van der Waals surface area contributed by atoms with Crippen LogP contribution in [0.15, 0.2) is 48.8 Å². The summed E-state index contributed by atoms with van der Waals surface area (Å²) in [6.45, 7) is 6.59. The van der Waals surface area contributed by atoms with E-state index in [0.717, 1.165) is 35.6 Å². The highest BCUT2D eigenvalue weighted by atomic mass is 16.1. The molecule has 3 aromatic rings. The smallest absolute Gasteiger partial charge is 0.274 e. The van der Waals surface area contributed by atoms with Gasteiger partial charge in [-0.3, -0.25) is 9.78 Å². The molecule has 1 amide bonds. The number of rotatable bonds is 6. The van der Waals surface area contributed by atoms with Gasteiger partial charge in [-0.1, -0.05) is 12.1 Å². The summed E-state index contributed by atoms with van der Waals surface area (Å²) in [7, 11) is 1.97. The molecule has 0 saturated heterocycles. The van der Waals surface area contributed by atoms with Crippen LogP contribution in [0.1, 0.15) is 33.0 Å². The monoisotopic (exact) mass is 375 g/mol. The maximum atomic E-state index is 12.8. The van der Waals surface area contributed by atoms with Gasteiger partial charge in [0.1, 0.15) is 17.3 Å². The molecule has 6 heteroatoms. The van der Waals surface area contributed by atoms with Gasteiger partial charge in [0.05, 0.1) is 0 Å². The van der Waals surface area contributed by atoms with Crippen LogP contribution in [-0.2, 0) is 6.42 Å². The van der Waals surface area contributed by atoms with Gasteiger partial charge in [0.15, 0.2) is 0 Å². The van der Waals surface area contributed by atoms with E-state index in [1.54, 1.807) is 25.4 Å². The van der Waals surface area contributed by atoms with Crippen molar-refractivity contribution in [2.24, 2.45) is 0 Å². The third-order valence-electron chi connectivity index (χ3n) is 4.79. The van der Waals surface area contributed by atoms with Crippen molar-refractivity contribution in [3.8, 4) is 0 Å². The summed E-state index contributed by atoms with van der Waals surface area (Å²) in [6, 6.07) is 11.6. The van der Waals surface area contributed by atoms with E-state index in [-0.39, 0.29) is 5.91 Å². The predicted octanol–water partition coefficient (Wildman–Crippen LogP) is 3.73. The molecule has 2 heterocycles. The maximum absolute atomic E-state index is 12.8. The minimum atomic E-state index is -0.233. The third kappa shape index (κ3) is 4.71. The fraction of sp³-hybridized carbons (Fsp3) is 0.273. The molecule has 0 aliphatic carbocycles. The molecular weight excluding hydrogens is 350 g/mol. The van der Waals surface area contributed by atoms with Crippen molar-refractivity contribution in [1.29, 1.82) is 0 Å². The van der Waals surface area contributed by atoms with Crippen LogP contribution in [0, 0.1) is 20.8 Å². The van der Waals surface area contributed by atoms with Crippen molar-refractivity contribution in [1.82, 2.24) is 15.0 Å². The Hall–Kier alpha value is -3.28. The second kappa shape index (κ2) is 8.61. The molecule has 0 atom stereocenters. The Labute approximate surface area is 165 Å². The first-order valence-corrected chi connectivity index (χ1v) is 9.27. The Bertz CT molecular complexity index is 972. The SMILES string of the molecule is Cc1nc(C(=O)Nc2cccc(C)c2C)cc(N(C)CCc2ccncc2)n1. The van der Waals surface area contributed by atoms with Gasteiger partial charge in [-0.2, -0.15) is 0 Å². The zero-order valence-corrected chi connectivity index (χ0v) is 16.7. The Morgan fingerprint density at radius 3 is 2.57 bits per heavy atom. The van der Waals surface area contributed by atoms with Gasteiger partial charge >= 0.3 is 0 Å². The number of amides is 1. The Morgan fingerprint density at radius 1 is 1.07 bits per heavy atom. The quantitative estimate of drug-likeness (QED) is 0.711. The van der Waals surface area contributed by atoms with Crippen LogP contribution in [0.4, 0.5) is 11.5 Å². The fourth-order valence-electron chi connectivity index (χ4n) is 2.90. The molecule has 0 radical (unpaired) electrons. The van der Waals surface area contributed by atoms with Crippen molar-refractivity contribution in [2.75, 3.05) is 23.8 Å². The highest BCUT2D eigenvalue weighted by molar-refractivity contribution is 6.03. The molecular formula is C22H25N5O. The number of aryl methyl sites for hydroxylation is 2. The average molecular weight is 375 g/mol. The average Bonchev–Trinajstić information content (AvgIpc) is 2.70. The molecule has 1 aromatic carbocycles. The van der Waals surface area contributed by atoms with Crippen LogP contribution in [0.3, 0.4) is 0 Å². The molecule has 0 saturated carbocycles. The van der Waals surface area contributed by atoms with Crippen LogP contribution in [0.2, 0.25) is 0 Å². The summed E-state index contributed by atoms with van der Waals surface area (Å²) in [6.07, 6.45) is 4.45. The van der Waals surface area contributed by atoms with Gasteiger partial charge in [0, 0.05) is 37.7 Å². The van der Waals surface area contributed by atoms with Gasteiger partial charge in [0.25, 0.3) is 5.91 Å². The number of hydrogen-bond acceptors (Lipinski definition) is 5. The molecule has 0 bridgehead atoms. The minimum absolute atomic E-state index is 0.233. The Morgan fingerprint density at radius 2 is 1.82 bits per heavy atom. The summed E-state index contributed by atoms with van der Waals surface area (Å²) in [5.74, 6) is 1.06. The van der Waals surface area contributed by atoms with E-state index < -0.39 is 0 Å². The van der Waals surface area contributed by atoms with Crippen LogP contribution < -0.4 is 10.2 Å². The Kier molecular flexibility index (Phi) is 5.99. The minimum Gasteiger partial charge on any atom is -0.359 e. The summed E-state index contributed by atoms with van der Waals surface area (Å²) >= 11 is 0. The van der Waals surface area contributed by atoms with Crippen LogP contribution >= 0.6 is 0 Å². The molecule has 0 unspecified atom stereocenters. The highest BCUT2D eigenvalue weighted by Gasteiger charge is 2.14. The molecule has 0 spiro atoms. The first-order valence-electron chi connectivity index (χ1n) is 9.27. The van der Waals surface area contributed by atoms with Gasteiger partial charge in [-0.25, -0.2) is 9.97 Å². The number of carbonyl (C=O) groups excluding carboxylic acids is 1. The van der Waals surface area contributed by atoms with Gasteiger partial charge in [-0.05, 0) is 62.1 Å². The van der Waals surface area contributed by atoms with Crippen molar-refractivity contribution >= 4 is 17.4 Å². The van der Waals surface area contributed by atoms with E-state index in [1.165, 1.54) is 5.56 Å². The van der Waals surface area contributed by atoms with E-state index in [9.17, 15) is 4.79 Å². The first-order chi connectivity index (χ1) is 13.4. The lowest BCUT2D eigenvalue weighted by Gasteiger charge is -2.19. The molecule has 2 aromatic heterocycles. The normalized spacial score (nSPS) is 10.6. The molecule has 0 aliphatic rings. The van der Waals surface area contributed by atoms with Crippen molar-refractivity contribution in [3.05, 3.63) is 77.0 Å². The summed E-state index contributed by atoms with van der Waals surface area (Å²) in [5.41, 5.74) is 4.55. The zero-order chi connectivity index (χ0) is 20.1. The lowest BCUT2D eigenvalue weighted by molar-refractivity contribution is 0.102. The van der Waals surface area contributed by atoms with E-state index in [4.69, 9.17) is 0 Å². The number of pyridine rings is 1. The number of nitrogens with one attached hydrogen (secondary N) is 1. The van der Waals surface area contributed by atoms with Crippen LogP contribution in [-0.4, -0.2) is 34.5 Å². The van der Waals surface area contributed by atoms with E-state index in [2.05, 4.69) is 20.3 Å². The largest absolute Gasteiger partial charge is 0.359 e. The van der Waals surface area contributed by atoms with Gasteiger partial charge in [0.2, 0.25) is 0 Å². The highest BCUT2D eigenvalue weighted by Crippen LogP contribution is 2.19. The summed E-state index contributed by atoms with van der Waals surface area (Å²) in [5, 5.41) is 2.96. The second-order valence-corrected chi connectivity index (χ2v) is 6.89. The standard InChI is InChI=1S/C22H25N5O/c1-15-6-5-7-19(16(15)2)26-22(28)20-14-21(25-17(3)24-20)27(4)13-10-18-8-11-23-12-9-18/h5-9,11-12,14H,10,13H2,1-4H3,(H,26,28). The predicted molar refractivity (Wildman–Crippen MR) is 112 cm³/mol. The van der Waals surface area contributed by atoms with E-state index in [0.29, 0.717) is 11.5 Å². The van der Waals surface area contributed by atoms with Crippen molar-refractivity contribution in [3.63, 3.8) is 0 Å². The molecule has 1 N–H and O–H groups in total. The molecule has 144 valence electrons. The molecule has 0 fully saturated rings. The van der Waals surface area contributed by atoms with Crippen LogP contribution in [0.5, 0.6) is 0 Å². The molecule has 3 rings (SSSR count). The first kappa shape index (κ1) is 19.5.